The topological polar surface area (TPSA) is 114 Å². The number of rotatable bonds is 2. The zero-order chi connectivity index (χ0) is 13.6. The van der Waals surface area contributed by atoms with Gasteiger partial charge in [0.2, 0.25) is 0 Å². The molecule has 0 aliphatic rings. The second kappa shape index (κ2) is 3.90. The summed E-state index contributed by atoms with van der Waals surface area (Å²) in [5.41, 5.74) is -0.397. The minimum absolute atomic E-state index is 0.218. The number of nitrogens with one attached hydrogen (secondary N) is 2. The highest BCUT2D eigenvalue weighted by molar-refractivity contribution is 5.69. The van der Waals surface area contributed by atoms with Gasteiger partial charge < -0.3 is 4.98 Å². The quantitative estimate of drug-likeness (QED) is 0.623. The predicted molar refractivity (Wildman–Crippen MR) is 65.8 cm³/mol. The van der Waals surface area contributed by atoms with Crippen LogP contribution in [0.3, 0.4) is 0 Å². The Kier molecular flexibility index (Phi) is 2.34. The third-order valence-electron chi connectivity index (χ3n) is 3.00. The van der Waals surface area contributed by atoms with Crippen LogP contribution in [-0.2, 0) is 7.05 Å². The summed E-state index contributed by atoms with van der Waals surface area (Å²) in [6.45, 7) is 1.86. The number of nitrogens with zero attached hydrogens (tertiary/aromatic N) is 5. The first-order valence-electron chi connectivity index (χ1n) is 5.61. The third-order valence-corrected chi connectivity index (χ3v) is 3.00. The number of hydrogen-bond acceptors (Lipinski definition) is 5. The fourth-order valence-corrected chi connectivity index (χ4v) is 1.86. The zero-order valence-electron chi connectivity index (χ0n) is 10.3. The molecule has 0 aromatic carbocycles. The number of fused-ring (bicyclic) bond motifs is 1. The normalized spacial score (nSPS) is 12.9. The number of imidazole rings is 1. The molecule has 3 heterocycles. The third kappa shape index (κ3) is 1.66. The lowest BCUT2D eigenvalue weighted by Crippen LogP contribution is -2.28. The molecule has 3 aromatic rings. The van der Waals surface area contributed by atoms with E-state index in [4.69, 9.17) is 0 Å². The predicted octanol–water partition coefficient (Wildman–Crippen LogP) is -0.849. The van der Waals surface area contributed by atoms with Crippen molar-refractivity contribution in [2.24, 2.45) is 7.05 Å². The Labute approximate surface area is 105 Å². The van der Waals surface area contributed by atoms with Crippen molar-refractivity contribution in [3.63, 3.8) is 0 Å². The first kappa shape index (κ1) is 11.4. The van der Waals surface area contributed by atoms with Crippen LogP contribution in [-0.4, -0.2) is 34.3 Å². The first-order valence-corrected chi connectivity index (χ1v) is 5.61. The van der Waals surface area contributed by atoms with Crippen molar-refractivity contribution in [3.05, 3.63) is 39.3 Å². The Morgan fingerprint density at radius 3 is 2.79 bits per heavy atom. The molecule has 1 unspecified atom stereocenters. The first-order chi connectivity index (χ1) is 9.08. The van der Waals surface area contributed by atoms with Gasteiger partial charge in [-0.1, -0.05) is 0 Å². The molecule has 9 heteroatoms. The Balaban J connectivity index is 2.23. The van der Waals surface area contributed by atoms with E-state index in [1.54, 1.807) is 18.1 Å². The highest BCUT2D eigenvalue weighted by Gasteiger charge is 2.16. The van der Waals surface area contributed by atoms with E-state index in [1.165, 1.54) is 10.9 Å². The molecule has 1 atom stereocenters. The summed E-state index contributed by atoms with van der Waals surface area (Å²) >= 11 is 0. The maximum atomic E-state index is 11.7. The van der Waals surface area contributed by atoms with Crippen molar-refractivity contribution in [3.8, 4) is 0 Å². The van der Waals surface area contributed by atoms with Crippen molar-refractivity contribution >= 4 is 11.2 Å². The SMILES string of the molecule is CC(c1nc2c([nH]1)c(=O)[nH]c(=O)n2C)n1cncn1. The minimum atomic E-state index is -0.496. The number of aromatic amines is 2. The summed E-state index contributed by atoms with van der Waals surface area (Å²) in [4.78, 5) is 36.5. The van der Waals surface area contributed by atoms with Crippen LogP contribution < -0.4 is 11.2 Å². The Morgan fingerprint density at radius 2 is 2.11 bits per heavy atom. The van der Waals surface area contributed by atoms with Crippen molar-refractivity contribution < 1.29 is 0 Å². The second-order valence-electron chi connectivity index (χ2n) is 4.19. The fourth-order valence-electron chi connectivity index (χ4n) is 1.86. The summed E-state index contributed by atoms with van der Waals surface area (Å²) in [7, 11) is 1.55. The molecule has 3 rings (SSSR count). The van der Waals surface area contributed by atoms with Crippen LogP contribution in [0.15, 0.2) is 22.2 Å². The van der Waals surface area contributed by atoms with Crippen LogP contribution >= 0.6 is 0 Å². The molecule has 0 saturated carbocycles. The molecule has 98 valence electrons. The van der Waals surface area contributed by atoms with Crippen LogP contribution in [0, 0.1) is 0 Å². The average molecular weight is 261 g/mol. The monoisotopic (exact) mass is 261 g/mol. The van der Waals surface area contributed by atoms with Gasteiger partial charge in [0.15, 0.2) is 5.65 Å². The highest BCUT2D eigenvalue weighted by Crippen LogP contribution is 2.14. The van der Waals surface area contributed by atoms with Gasteiger partial charge in [-0.2, -0.15) is 5.10 Å². The largest absolute Gasteiger partial charge is 0.334 e. The number of aromatic nitrogens is 7. The van der Waals surface area contributed by atoms with E-state index in [-0.39, 0.29) is 11.6 Å². The lowest BCUT2D eigenvalue weighted by molar-refractivity contribution is 0.540. The van der Waals surface area contributed by atoms with Gasteiger partial charge in [0.1, 0.15) is 30.0 Å². The van der Waals surface area contributed by atoms with Crippen molar-refractivity contribution in [2.75, 3.05) is 0 Å². The summed E-state index contributed by atoms with van der Waals surface area (Å²) in [6.07, 6.45) is 2.98. The van der Waals surface area contributed by atoms with Crippen molar-refractivity contribution in [1.82, 2.24) is 34.3 Å². The Bertz CT molecular complexity index is 839. The average Bonchev–Trinajstić information content (AvgIpc) is 3.04. The van der Waals surface area contributed by atoms with Crippen molar-refractivity contribution in [2.45, 2.75) is 13.0 Å². The van der Waals surface area contributed by atoms with Crippen LogP contribution in [0.25, 0.3) is 11.2 Å². The molecule has 0 spiro atoms. The molecular formula is C10H11N7O2. The van der Waals surface area contributed by atoms with Gasteiger partial charge in [0, 0.05) is 7.05 Å². The van der Waals surface area contributed by atoms with Gasteiger partial charge in [-0.15, -0.1) is 0 Å². The number of hydrogen-bond donors (Lipinski definition) is 2. The Morgan fingerprint density at radius 1 is 1.32 bits per heavy atom. The van der Waals surface area contributed by atoms with Crippen LogP contribution in [0.1, 0.15) is 18.8 Å². The summed E-state index contributed by atoms with van der Waals surface area (Å²) in [6, 6.07) is -0.218. The van der Waals surface area contributed by atoms with E-state index in [0.29, 0.717) is 11.5 Å². The maximum Gasteiger partial charge on any atom is 0.329 e. The van der Waals surface area contributed by atoms with Crippen LogP contribution in [0.2, 0.25) is 0 Å². The molecule has 0 fully saturated rings. The number of aryl methyl sites for hydroxylation is 1. The van der Waals surface area contributed by atoms with E-state index >= 15 is 0 Å². The molecule has 0 amide bonds. The molecule has 0 saturated heterocycles. The van der Waals surface area contributed by atoms with Gasteiger partial charge in [-0.05, 0) is 6.92 Å². The molecule has 3 aromatic heterocycles. The van der Waals surface area contributed by atoms with Crippen LogP contribution in [0.4, 0.5) is 0 Å². The zero-order valence-corrected chi connectivity index (χ0v) is 10.3. The van der Waals surface area contributed by atoms with Gasteiger partial charge in [-0.3, -0.25) is 14.3 Å². The lowest BCUT2D eigenvalue weighted by atomic mass is 10.3. The van der Waals surface area contributed by atoms with Gasteiger partial charge >= 0.3 is 5.69 Å². The van der Waals surface area contributed by atoms with E-state index in [9.17, 15) is 9.59 Å². The van der Waals surface area contributed by atoms with E-state index in [0.717, 1.165) is 0 Å². The molecule has 2 N–H and O–H groups in total. The lowest BCUT2D eigenvalue weighted by Gasteiger charge is -2.06. The standard InChI is InChI=1S/C10H11N7O2/c1-5(17-4-11-3-12-17)7-13-6-8(14-7)16(2)10(19)15-9(6)18/h3-5H,1-2H3,(H,13,14)(H,15,18,19). The van der Waals surface area contributed by atoms with Crippen LogP contribution in [0.5, 0.6) is 0 Å². The summed E-state index contributed by atoms with van der Waals surface area (Å²) in [5, 5.41) is 4.02. The minimum Gasteiger partial charge on any atom is -0.334 e. The molecule has 0 radical (unpaired) electrons. The van der Waals surface area contributed by atoms with E-state index in [1.807, 2.05) is 6.92 Å². The van der Waals surface area contributed by atoms with Gasteiger partial charge in [-0.25, -0.2) is 19.4 Å². The smallest absolute Gasteiger partial charge is 0.329 e. The van der Waals surface area contributed by atoms with Gasteiger partial charge in [0.25, 0.3) is 5.56 Å². The molecule has 9 nitrogen and oxygen atoms in total. The molecular weight excluding hydrogens is 250 g/mol. The van der Waals surface area contributed by atoms with E-state index < -0.39 is 11.2 Å². The Hall–Kier alpha value is -2.71. The molecule has 0 bridgehead atoms. The number of H-pyrrole nitrogens is 2. The fraction of sp³-hybridized carbons (Fsp3) is 0.300. The van der Waals surface area contributed by atoms with Crippen molar-refractivity contribution in [1.29, 1.82) is 0 Å². The van der Waals surface area contributed by atoms with Gasteiger partial charge in [0.05, 0.1) is 0 Å². The molecule has 19 heavy (non-hydrogen) atoms. The summed E-state index contributed by atoms with van der Waals surface area (Å²) < 4.78 is 2.88. The maximum absolute atomic E-state index is 11.7. The molecule has 0 aliphatic heterocycles. The molecule has 0 aliphatic carbocycles. The highest BCUT2D eigenvalue weighted by atomic mass is 16.2. The summed E-state index contributed by atoms with van der Waals surface area (Å²) in [5.74, 6) is 0.534. The second-order valence-corrected chi connectivity index (χ2v) is 4.19. The van der Waals surface area contributed by atoms with E-state index in [2.05, 4.69) is 25.0 Å².